The molecular formula is C21H27N3O3. The van der Waals surface area contributed by atoms with Crippen LogP contribution in [0.15, 0.2) is 42.6 Å². The maximum absolute atomic E-state index is 12.2. The first-order valence-corrected chi connectivity index (χ1v) is 9.40. The summed E-state index contributed by atoms with van der Waals surface area (Å²) in [5, 5.41) is 2.95. The smallest absolute Gasteiger partial charge is 0.317 e. The van der Waals surface area contributed by atoms with Crippen molar-refractivity contribution in [2.45, 2.75) is 32.2 Å². The fourth-order valence-corrected chi connectivity index (χ4v) is 3.34. The number of pyridine rings is 1. The highest BCUT2D eigenvalue weighted by Gasteiger charge is 2.19. The minimum atomic E-state index is -0.0430. The Morgan fingerprint density at radius 1 is 1.22 bits per heavy atom. The standard InChI is InChI=1S/C21H27N3O3/c1-24(15-16-6-3-4-7-16)21(25)23-14-17-10-11-20(22-13-17)27-19-9-5-8-18(12-19)26-2/h5,8-13,16H,3-4,6-7,14-15H2,1-2H3,(H,23,25). The van der Waals surface area contributed by atoms with Crippen molar-refractivity contribution in [1.29, 1.82) is 0 Å². The number of nitrogens with zero attached hydrogens (tertiary/aromatic N) is 2. The van der Waals surface area contributed by atoms with E-state index in [9.17, 15) is 4.79 Å². The molecule has 1 aromatic heterocycles. The minimum Gasteiger partial charge on any atom is -0.497 e. The van der Waals surface area contributed by atoms with Crippen molar-refractivity contribution in [2.75, 3.05) is 20.7 Å². The molecule has 1 aliphatic carbocycles. The van der Waals surface area contributed by atoms with Gasteiger partial charge in [-0.1, -0.05) is 25.0 Å². The first-order valence-electron chi connectivity index (χ1n) is 9.40. The van der Waals surface area contributed by atoms with Gasteiger partial charge in [0.1, 0.15) is 11.5 Å². The summed E-state index contributed by atoms with van der Waals surface area (Å²) in [6.45, 7) is 1.28. The first-order chi connectivity index (χ1) is 13.1. The van der Waals surface area contributed by atoms with Crippen molar-refractivity contribution in [2.24, 2.45) is 5.92 Å². The Morgan fingerprint density at radius 3 is 2.70 bits per heavy atom. The van der Waals surface area contributed by atoms with Gasteiger partial charge in [-0.15, -0.1) is 0 Å². The molecule has 2 amide bonds. The molecule has 1 saturated carbocycles. The number of carbonyl (C=O) groups is 1. The van der Waals surface area contributed by atoms with Crippen molar-refractivity contribution in [3.05, 3.63) is 48.2 Å². The molecule has 6 nitrogen and oxygen atoms in total. The van der Waals surface area contributed by atoms with Crippen LogP contribution in [0.25, 0.3) is 0 Å². The molecule has 1 aliphatic rings. The average Bonchev–Trinajstić information content (AvgIpc) is 3.20. The molecule has 27 heavy (non-hydrogen) atoms. The quantitative estimate of drug-likeness (QED) is 0.794. The van der Waals surface area contributed by atoms with E-state index >= 15 is 0 Å². The third-order valence-corrected chi connectivity index (χ3v) is 4.86. The zero-order valence-corrected chi connectivity index (χ0v) is 16.0. The maximum atomic E-state index is 12.2. The zero-order chi connectivity index (χ0) is 19.1. The Hall–Kier alpha value is -2.76. The van der Waals surface area contributed by atoms with Crippen molar-refractivity contribution < 1.29 is 14.3 Å². The number of amides is 2. The minimum absolute atomic E-state index is 0.0430. The molecule has 1 N–H and O–H groups in total. The largest absolute Gasteiger partial charge is 0.497 e. The summed E-state index contributed by atoms with van der Waals surface area (Å²) in [4.78, 5) is 18.3. The Morgan fingerprint density at radius 2 is 2.00 bits per heavy atom. The first kappa shape index (κ1) is 19.0. The molecule has 0 atom stereocenters. The summed E-state index contributed by atoms with van der Waals surface area (Å²) in [7, 11) is 3.47. The van der Waals surface area contributed by atoms with E-state index in [2.05, 4.69) is 10.3 Å². The van der Waals surface area contributed by atoms with Gasteiger partial charge in [0.25, 0.3) is 0 Å². The molecule has 0 aliphatic heterocycles. The number of methoxy groups -OCH3 is 1. The third-order valence-electron chi connectivity index (χ3n) is 4.86. The van der Waals surface area contributed by atoms with Crippen molar-refractivity contribution in [3.8, 4) is 17.4 Å². The van der Waals surface area contributed by atoms with Crippen LogP contribution in [-0.4, -0.2) is 36.6 Å². The van der Waals surface area contributed by atoms with E-state index in [1.54, 1.807) is 30.3 Å². The van der Waals surface area contributed by atoms with Crippen molar-refractivity contribution in [1.82, 2.24) is 15.2 Å². The lowest BCUT2D eigenvalue weighted by molar-refractivity contribution is 0.200. The van der Waals surface area contributed by atoms with E-state index < -0.39 is 0 Å². The van der Waals surface area contributed by atoms with Gasteiger partial charge in [0.2, 0.25) is 5.88 Å². The number of carbonyl (C=O) groups excluding carboxylic acids is 1. The van der Waals surface area contributed by atoms with Gasteiger partial charge in [-0.3, -0.25) is 0 Å². The van der Waals surface area contributed by atoms with Gasteiger partial charge >= 0.3 is 6.03 Å². The van der Waals surface area contributed by atoms with Crippen LogP contribution >= 0.6 is 0 Å². The van der Waals surface area contributed by atoms with E-state index in [0.29, 0.717) is 24.1 Å². The Bertz CT molecular complexity index is 743. The van der Waals surface area contributed by atoms with Gasteiger partial charge < -0.3 is 19.7 Å². The summed E-state index contributed by atoms with van der Waals surface area (Å²) >= 11 is 0. The molecule has 0 saturated heterocycles. The maximum Gasteiger partial charge on any atom is 0.317 e. The van der Waals surface area contributed by atoms with Gasteiger partial charge in [0.15, 0.2) is 0 Å². The number of hydrogen-bond acceptors (Lipinski definition) is 4. The number of hydrogen-bond donors (Lipinski definition) is 1. The molecule has 0 bridgehead atoms. The monoisotopic (exact) mass is 369 g/mol. The second-order valence-corrected chi connectivity index (χ2v) is 6.98. The lowest BCUT2D eigenvalue weighted by atomic mass is 10.1. The molecule has 144 valence electrons. The number of nitrogens with one attached hydrogen (secondary N) is 1. The van der Waals surface area contributed by atoms with Gasteiger partial charge in [-0.05, 0) is 36.5 Å². The molecule has 0 radical (unpaired) electrons. The van der Waals surface area contributed by atoms with Crippen LogP contribution in [0.5, 0.6) is 17.4 Å². The Balaban J connectivity index is 1.47. The van der Waals surface area contributed by atoms with E-state index in [4.69, 9.17) is 9.47 Å². The second-order valence-electron chi connectivity index (χ2n) is 6.98. The predicted molar refractivity (Wildman–Crippen MR) is 104 cm³/mol. The zero-order valence-electron chi connectivity index (χ0n) is 16.0. The molecule has 6 heteroatoms. The van der Waals surface area contributed by atoms with E-state index in [1.165, 1.54) is 25.7 Å². The van der Waals surface area contributed by atoms with Crippen LogP contribution in [0.4, 0.5) is 4.79 Å². The van der Waals surface area contributed by atoms with Gasteiger partial charge in [-0.2, -0.15) is 0 Å². The summed E-state index contributed by atoms with van der Waals surface area (Å²) < 4.78 is 10.9. The van der Waals surface area contributed by atoms with Crippen LogP contribution in [0.2, 0.25) is 0 Å². The van der Waals surface area contributed by atoms with Crippen LogP contribution in [0.1, 0.15) is 31.2 Å². The molecule has 3 rings (SSSR count). The van der Waals surface area contributed by atoms with E-state index in [1.807, 2.05) is 31.3 Å². The number of urea groups is 1. The number of ether oxygens (including phenoxy) is 2. The summed E-state index contributed by atoms with van der Waals surface area (Å²) in [5.41, 5.74) is 0.926. The molecule has 1 heterocycles. The summed E-state index contributed by atoms with van der Waals surface area (Å²) in [6.07, 6.45) is 6.76. The predicted octanol–water partition coefficient (Wildman–Crippen LogP) is 4.21. The third kappa shape index (κ3) is 5.61. The van der Waals surface area contributed by atoms with Crippen LogP contribution in [0, 0.1) is 5.92 Å². The number of aromatic nitrogens is 1. The lowest BCUT2D eigenvalue weighted by Crippen LogP contribution is -2.39. The molecule has 0 unspecified atom stereocenters. The Labute approximate surface area is 160 Å². The second kappa shape index (κ2) is 9.26. The summed E-state index contributed by atoms with van der Waals surface area (Å²) in [5.74, 6) is 2.54. The molecular weight excluding hydrogens is 342 g/mol. The van der Waals surface area contributed by atoms with Crippen LogP contribution in [0.3, 0.4) is 0 Å². The van der Waals surface area contributed by atoms with Gasteiger partial charge in [0, 0.05) is 38.5 Å². The SMILES string of the molecule is COc1cccc(Oc2ccc(CNC(=O)N(C)CC3CCCC3)cn2)c1. The highest BCUT2D eigenvalue weighted by molar-refractivity contribution is 5.73. The Kier molecular flexibility index (Phi) is 6.52. The lowest BCUT2D eigenvalue weighted by Gasteiger charge is -2.21. The highest BCUT2D eigenvalue weighted by atomic mass is 16.5. The topological polar surface area (TPSA) is 63.7 Å². The van der Waals surface area contributed by atoms with E-state index in [0.717, 1.165) is 17.9 Å². The van der Waals surface area contributed by atoms with Gasteiger partial charge in [-0.25, -0.2) is 9.78 Å². The molecule has 0 spiro atoms. The number of benzene rings is 1. The highest BCUT2D eigenvalue weighted by Crippen LogP contribution is 2.25. The average molecular weight is 369 g/mol. The van der Waals surface area contributed by atoms with Gasteiger partial charge in [0.05, 0.1) is 7.11 Å². The normalized spacial score (nSPS) is 14.0. The van der Waals surface area contributed by atoms with E-state index in [-0.39, 0.29) is 6.03 Å². The van der Waals surface area contributed by atoms with Crippen molar-refractivity contribution >= 4 is 6.03 Å². The fourth-order valence-electron chi connectivity index (χ4n) is 3.34. The molecule has 1 fully saturated rings. The summed E-state index contributed by atoms with van der Waals surface area (Å²) in [6, 6.07) is 11.0. The molecule has 2 aromatic rings. The van der Waals surface area contributed by atoms with Crippen LogP contribution in [-0.2, 0) is 6.54 Å². The molecule has 1 aromatic carbocycles. The van der Waals surface area contributed by atoms with Crippen LogP contribution < -0.4 is 14.8 Å². The van der Waals surface area contributed by atoms with Crippen molar-refractivity contribution in [3.63, 3.8) is 0 Å². The number of rotatable bonds is 7. The fraction of sp³-hybridized carbons (Fsp3) is 0.429.